The second kappa shape index (κ2) is 9.70. The van der Waals surface area contributed by atoms with Crippen LogP contribution in [0.15, 0.2) is 54.6 Å². The maximum atomic E-state index is 11.8. The number of ether oxygens (including phenoxy) is 1. The van der Waals surface area contributed by atoms with E-state index in [1.165, 1.54) is 0 Å². The molecule has 2 aromatic rings. The highest BCUT2D eigenvalue weighted by molar-refractivity contribution is 5.73. The van der Waals surface area contributed by atoms with E-state index in [-0.39, 0.29) is 6.03 Å². The predicted molar refractivity (Wildman–Crippen MR) is 93.4 cm³/mol. The summed E-state index contributed by atoms with van der Waals surface area (Å²) in [6, 6.07) is 17.1. The highest BCUT2D eigenvalue weighted by atomic mass is 16.5. The highest BCUT2D eigenvalue weighted by Gasteiger charge is 2.07. The summed E-state index contributed by atoms with van der Waals surface area (Å²) in [5.41, 5.74) is 2.98. The van der Waals surface area contributed by atoms with Gasteiger partial charge in [0.2, 0.25) is 0 Å². The van der Waals surface area contributed by atoms with Crippen molar-refractivity contribution in [3.05, 3.63) is 71.3 Å². The molecule has 0 aromatic heterocycles. The van der Waals surface area contributed by atoms with Crippen LogP contribution in [-0.4, -0.2) is 24.8 Å². The lowest BCUT2D eigenvalue weighted by molar-refractivity contribution is 0.167. The number of rotatable bonds is 8. The molecule has 0 heterocycles. The molecule has 0 saturated carbocycles. The number of carbonyl (C=O) groups is 1. The van der Waals surface area contributed by atoms with Crippen LogP contribution in [0, 0.1) is 0 Å². The lowest BCUT2D eigenvalue weighted by Gasteiger charge is -2.12. The monoisotopic (exact) mass is 328 g/mol. The smallest absolute Gasteiger partial charge is 0.315 e. The van der Waals surface area contributed by atoms with Crippen molar-refractivity contribution in [2.45, 2.75) is 25.7 Å². The highest BCUT2D eigenvalue weighted by Crippen LogP contribution is 2.14. The van der Waals surface area contributed by atoms with Crippen molar-refractivity contribution in [2.24, 2.45) is 0 Å². The van der Waals surface area contributed by atoms with Crippen LogP contribution >= 0.6 is 0 Å². The number of aliphatic hydroxyl groups excluding tert-OH is 1. The molecule has 2 aromatic carbocycles. The van der Waals surface area contributed by atoms with Gasteiger partial charge in [-0.3, -0.25) is 0 Å². The molecule has 0 aliphatic rings. The van der Waals surface area contributed by atoms with Crippen molar-refractivity contribution in [3.8, 4) is 0 Å². The Labute approximate surface area is 142 Å². The Kier molecular flexibility index (Phi) is 7.26. The molecule has 0 fully saturated rings. The third-order valence-corrected chi connectivity index (χ3v) is 3.67. The SMILES string of the molecule is COCc1ccc(CNC(=O)NCCC(O)c2ccccc2)cc1. The topological polar surface area (TPSA) is 70.6 Å². The van der Waals surface area contributed by atoms with E-state index in [9.17, 15) is 9.90 Å². The first-order chi connectivity index (χ1) is 11.7. The second-order valence-corrected chi connectivity index (χ2v) is 5.57. The molecule has 0 bridgehead atoms. The summed E-state index contributed by atoms with van der Waals surface area (Å²) in [5.74, 6) is 0. The average molecular weight is 328 g/mol. The number of methoxy groups -OCH3 is 1. The molecule has 24 heavy (non-hydrogen) atoms. The van der Waals surface area contributed by atoms with Crippen LogP contribution in [0.25, 0.3) is 0 Å². The summed E-state index contributed by atoms with van der Waals surface area (Å²) in [7, 11) is 1.66. The number of amides is 2. The van der Waals surface area contributed by atoms with Gasteiger partial charge in [-0.15, -0.1) is 0 Å². The van der Waals surface area contributed by atoms with E-state index in [4.69, 9.17) is 4.74 Å². The molecule has 0 spiro atoms. The normalized spacial score (nSPS) is 11.8. The summed E-state index contributed by atoms with van der Waals surface area (Å²) in [5, 5.41) is 15.6. The van der Waals surface area contributed by atoms with Gasteiger partial charge in [0.15, 0.2) is 0 Å². The van der Waals surface area contributed by atoms with Gasteiger partial charge in [-0.05, 0) is 23.1 Å². The predicted octanol–water partition coefficient (Wildman–Crippen LogP) is 2.76. The van der Waals surface area contributed by atoms with Crippen LogP contribution in [0.1, 0.15) is 29.2 Å². The molecule has 0 saturated heterocycles. The molecule has 2 amide bonds. The van der Waals surface area contributed by atoms with Crippen LogP contribution in [0.3, 0.4) is 0 Å². The summed E-state index contributed by atoms with van der Waals surface area (Å²) in [4.78, 5) is 11.8. The van der Waals surface area contributed by atoms with Crippen molar-refractivity contribution in [3.63, 3.8) is 0 Å². The zero-order valence-corrected chi connectivity index (χ0v) is 13.9. The molecular weight excluding hydrogens is 304 g/mol. The third-order valence-electron chi connectivity index (χ3n) is 3.67. The number of nitrogens with one attached hydrogen (secondary N) is 2. The fourth-order valence-corrected chi connectivity index (χ4v) is 2.33. The van der Waals surface area contributed by atoms with Gasteiger partial charge in [-0.2, -0.15) is 0 Å². The first-order valence-corrected chi connectivity index (χ1v) is 8.00. The van der Waals surface area contributed by atoms with Gasteiger partial charge in [-0.1, -0.05) is 54.6 Å². The maximum Gasteiger partial charge on any atom is 0.315 e. The Morgan fingerprint density at radius 2 is 1.71 bits per heavy atom. The molecule has 1 unspecified atom stereocenters. The number of hydrogen-bond acceptors (Lipinski definition) is 3. The average Bonchev–Trinajstić information content (AvgIpc) is 2.62. The van der Waals surface area contributed by atoms with Crippen molar-refractivity contribution in [2.75, 3.05) is 13.7 Å². The summed E-state index contributed by atoms with van der Waals surface area (Å²) < 4.78 is 5.06. The molecule has 1 atom stereocenters. The first kappa shape index (κ1) is 18.0. The number of urea groups is 1. The minimum Gasteiger partial charge on any atom is -0.388 e. The van der Waals surface area contributed by atoms with E-state index in [1.54, 1.807) is 7.11 Å². The minimum atomic E-state index is -0.570. The number of carbonyl (C=O) groups excluding carboxylic acids is 1. The van der Waals surface area contributed by atoms with Crippen LogP contribution in [-0.2, 0) is 17.9 Å². The molecule has 0 radical (unpaired) electrons. The third kappa shape index (κ3) is 6.02. The Bertz CT molecular complexity index is 614. The Hall–Kier alpha value is -2.37. The van der Waals surface area contributed by atoms with Gasteiger partial charge < -0.3 is 20.5 Å². The Morgan fingerprint density at radius 3 is 2.38 bits per heavy atom. The largest absolute Gasteiger partial charge is 0.388 e. The summed E-state index contributed by atoms with van der Waals surface area (Å²) >= 11 is 0. The lowest BCUT2D eigenvalue weighted by Crippen LogP contribution is -2.36. The first-order valence-electron chi connectivity index (χ1n) is 8.00. The van der Waals surface area contributed by atoms with E-state index in [0.717, 1.165) is 16.7 Å². The van der Waals surface area contributed by atoms with Crippen molar-refractivity contribution in [1.29, 1.82) is 0 Å². The molecule has 3 N–H and O–H groups in total. The molecule has 0 aliphatic heterocycles. The second-order valence-electron chi connectivity index (χ2n) is 5.57. The molecular formula is C19H24N2O3. The molecule has 5 heteroatoms. The van der Waals surface area contributed by atoms with E-state index in [2.05, 4.69) is 10.6 Å². The number of aliphatic hydroxyl groups is 1. The van der Waals surface area contributed by atoms with Crippen LogP contribution < -0.4 is 10.6 Å². The van der Waals surface area contributed by atoms with Gasteiger partial charge in [0.1, 0.15) is 0 Å². The van der Waals surface area contributed by atoms with E-state index in [0.29, 0.717) is 26.1 Å². The fourth-order valence-electron chi connectivity index (χ4n) is 2.33. The molecule has 5 nitrogen and oxygen atoms in total. The lowest BCUT2D eigenvalue weighted by atomic mass is 10.1. The van der Waals surface area contributed by atoms with Crippen LogP contribution in [0.2, 0.25) is 0 Å². The van der Waals surface area contributed by atoms with Crippen molar-refractivity contribution >= 4 is 6.03 Å². The van der Waals surface area contributed by atoms with Gasteiger partial charge in [0, 0.05) is 20.2 Å². The zero-order chi connectivity index (χ0) is 17.2. The van der Waals surface area contributed by atoms with E-state index >= 15 is 0 Å². The zero-order valence-electron chi connectivity index (χ0n) is 13.9. The van der Waals surface area contributed by atoms with Gasteiger partial charge in [0.05, 0.1) is 12.7 Å². The molecule has 128 valence electrons. The van der Waals surface area contributed by atoms with Crippen molar-refractivity contribution in [1.82, 2.24) is 10.6 Å². The van der Waals surface area contributed by atoms with Gasteiger partial charge in [-0.25, -0.2) is 4.79 Å². The quantitative estimate of drug-likeness (QED) is 0.698. The van der Waals surface area contributed by atoms with Gasteiger partial charge in [0.25, 0.3) is 0 Å². The Morgan fingerprint density at radius 1 is 1.04 bits per heavy atom. The molecule has 0 aliphatic carbocycles. The Balaban J connectivity index is 1.66. The summed E-state index contributed by atoms with van der Waals surface area (Å²) in [6.07, 6.45) is -0.0943. The van der Waals surface area contributed by atoms with E-state index < -0.39 is 6.10 Å². The minimum absolute atomic E-state index is 0.240. The summed E-state index contributed by atoms with van der Waals surface area (Å²) in [6.45, 7) is 1.45. The maximum absolute atomic E-state index is 11.8. The standard InChI is InChI=1S/C19H24N2O3/c1-24-14-16-9-7-15(8-10-16)13-21-19(23)20-12-11-18(22)17-5-3-2-4-6-17/h2-10,18,22H,11-14H2,1H3,(H2,20,21,23). The van der Waals surface area contributed by atoms with Crippen LogP contribution in [0.4, 0.5) is 4.79 Å². The molecule has 2 rings (SSSR count). The van der Waals surface area contributed by atoms with Crippen LogP contribution in [0.5, 0.6) is 0 Å². The van der Waals surface area contributed by atoms with Gasteiger partial charge >= 0.3 is 6.03 Å². The fraction of sp³-hybridized carbons (Fsp3) is 0.316. The number of benzene rings is 2. The van der Waals surface area contributed by atoms with Crippen molar-refractivity contribution < 1.29 is 14.6 Å². The van der Waals surface area contributed by atoms with E-state index in [1.807, 2.05) is 54.6 Å². The number of hydrogen-bond donors (Lipinski definition) is 3.